The molecule has 1 heterocycles. The van der Waals surface area contributed by atoms with Gasteiger partial charge < -0.3 is 5.73 Å². The smallest absolute Gasteiger partial charge is 0.130 e. The molecule has 1 fully saturated rings. The lowest BCUT2D eigenvalue weighted by Crippen LogP contribution is -2.44. The van der Waals surface area contributed by atoms with Crippen molar-refractivity contribution in [3.05, 3.63) is 35.4 Å². The van der Waals surface area contributed by atoms with Crippen LogP contribution in [0.25, 0.3) is 0 Å². The van der Waals surface area contributed by atoms with Gasteiger partial charge in [-0.05, 0) is 30.4 Å². The first kappa shape index (κ1) is 14.4. The fraction of sp³-hybridized carbons (Fsp3) is 0.600. The van der Waals surface area contributed by atoms with E-state index in [0.29, 0.717) is 11.8 Å². The van der Waals surface area contributed by atoms with Gasteiger partial charge in [-0.1, -0.05) is 19.9 Å². The van der Waals surface area contributed by atoms with Crippen LogP contribution in [0.15, 0.2) is 18.2 Å². The van der Waals surface area contributed by atoms with E-state index in [1.54, 1.807) is 0 Å². The molecule has 0 radical (unpaired) electrons. The molecular formula is C15H22F2N2. The Morgan fingerprint density at radius 3 is 2.21 bits per heavy atom. The maximum atomic E-state index is 13.9. The van der Waals surface area contributed by atoms with E-state index in [2.05, 4.69) is 18.7 Å². The third-order valence-electron chi connectivity index (χ3n) is 3.89. The number of halogens is 2. The average Bonchev–Trinajstić information content (AvgIpc) is 2.32. The molecule has 0 spiro atoms. The van der Waals surface area contributed by atoms with Crippen molar-refractivity contribution in [2.45, 2.75) is 26.3 Å². The van der Waals surface area contributed by atoms with Crippen LogP contribution in [0.5, 0.6) is 0 Å². The second-order valence-corrected chi connectivity index (χ2v) is 5.79. The number of hydrogen-bond donors (Lipinski definition) is 1. The number of hydrogen-bond acceptors (Lipinski definition) is 2. The van der Waals surface area contributed by atoms with E-state index in [0.717, 1.165) is 19.5 Å². The van der Waals surface area contributed by atoms with Gasteiger partial charge in [0.05, 0.1) is 6.04 Å². The van der Waals surface area contributed by atoms with Crippen LogP contribution >= 0.6 is 0 Å². The molecule has 3 unspecified atom stereocenters. The van der Waals surface area contributed by atoms with Gasteiger partial charge in [-0.2, -0.15) is 0 Å². The predicted molar refractivity (Wildman–Crippen MR) is 72.7 cm³/mol. The van der Waals surface area contributed by atoms with E-state index in [1.165, 1.54) is 18.2 Å². The van der Waals surface area contributed by atoms with Gasteiger partial charge in [0, 0.05) is 25.2 Å². The number of rotatable bonds is 3. The topological polar surface area (TPSA) is 29.3 Å². The van der Waals surface area contributed by atoms with Gasteiger partial charge >= 0.3 is 0 Å². The second-order valence-electron chi connectivity index (χ2n) is 5.79. The van der Waals surface area contributed by atoms with Crippen LogP contribution in [-0.4, -0.2) is 24.5 Å². The van der Waals surface area contributed by atoms with E-state index in [-0.39, 0.29) is 18.2 Å². The van der Waals surface area contributed by atoms with Crippen LogP contribution in [0, 0.1) is 23.5 Å². The summed E-state index contributed by atoms with van der Waals surface area (Å²) < 4.78 is 27.8. The Balaban J connectivity index is 2.29. The Kier molecular flexibility index (Phi) is 4.53. The summed E-state index contributed by atoms with van der Waals surface area (Å²) in [5.41, 5.74) is 5.91. The van der Waals surface area contributed by atoms with E-state index in [9.17, 15) is 8.78 Å². The van der Waals surface area contributed by atoms with Gasteiger partial charge in [-0.3, -0.25) is 4.90 Å². The number of piperidine rings is 1. The molecule has 2 N–H and O–H groups in total. The first-order chi connectivity index (χ1) is 9.02. The monoisotopic (exact) mass is 268 g/mol. The molecule has 0 saturated carbocycles. The fourth-order valence-corrected chi connectivity index (χ4v) is 3.24. The molecule has 1 saturated heterocycles. The van der Waals surface area contributed by atoms with Crippen molar-refractivity contribution in [2.24, 2.45) is 17.6 Å². The summed E-state index contributed by atoms with van der Waals surface area (Å²) in [6.07, 6.45) is 1.16. The van der Waals surface area contributed by atoms with Gasteiger partial charge in [-0.15, -0.1) is 0 Å². The Labute approximate surface area is 113 Å². The summed E-state index contributed by atoms with van der Waals surface area (Å²) in [7, 11) is 0. The molecule has 3 atom stereocenters. The highest BCUT2D eigenvalue weighted by molar-refractivity contribution is 5.24. The van der Waals surface area contributed by atoms with Gasteiger partial charge in [0.15, 0.2) is 0 Å². The van der Waals surface area contributed by atoms with E-state index in [4.69, 9.17) is 5.73 Å². The van der Waals surface area contributed by atoms with Crippen molar-refractivity contribution < 1.29 is 8.78 Å². The highest BCUT2D eigenvalue weighted by atomic mass is 19.1. The van der Waals surface area contributed by atoms with Gasteiger partial charge in [-0.25, -0.2) is 8.78 Å². The van der Waals surface area contributed by atoms with Gasteiger partial charge in [0.2, 0.25) is 0 Å². The van der Waals surface area contributed by atoms with Crippen LogP contribution in [0.1, 0.15) is 31.9 Å². The normalized spacial score (nSPS) is 26.4. The zero-order valence-electron chi connectivity index (χ0n) is 11.6. The van der Waals surface area contributed by atoms with Crippen molar-refractivity contribution >= 4 is 0 Å². The molecule has 0 bridgehead atoms. The number of nitrogens with zero attached hydrogens (tertiary/aromatic N) is 1. The Bertz CT molecular complexity index is 406. The molecule has 0 aromatic heterocycles. The average molecular weight is 268 g/mol. The summed E-state index contributed by atoms with van der Waals surface area (Å²) in [4.78, 5) is 2.13. The summed E-state index contributed by atoms with van der Waals surface area (Å²) in [5, 5.41) is 0. The minimum Gasteiger partial charge on any atom is -0.329 e. The Hall–Kier alpha value is -1.00. The molecule has 4 heteroatoms. The zero-order chi connectivity index (χ0) is 14.0. The van der Waals surface area contributed by atoms with Crippen molar-refractivity contribution in [3.8, 4) is 0 Å². The minimum atomic E-state index is -0.499. The molecule has 106 valence electrons. The highest BCUT2D eigenvalue weighted by Crippen LogP contribution is 2.31. The number of benzene rings is 1. The molecule has 19 heavy (non-hydrogen) atoms. The fourth-order valence-electron chi connectivity index (χ4n) is 3.24. The molecule has 1 aliphatic rings. The van der Waals surface area contributed by atoms with Crippen LogP contribution in [0.3, 0.4) is 0 Å². The lowest BCUT2D eigenvalue weighted by atomic mass is 9.89. The minimum absolute atomic E-state index is 0.117. The van der Waals surface area contributed by atoms with E-state index < -0.39 is 11.6 Å². The Morgan fingerprint density at radius 1 is 1.21 bits per heavy atom. The maximum absolute atomic E-state index is 13.9. The van der Waals surface area contributed by atoms with Crippen molar-refractivity contribution in [3.63, 3.8) is 0 Å². The van der Waals surface area contributed by atoms with E-state index in [1.807, 2.05) is 0 Å². The van der Waals surface area contributed by atoms with E-state index >= 15 is 0 Å². The lowest BCUT2D eigenvalue weighted by molar-refractivity contribution is 0.0948. The first-order valence-corrected chi connectivity index (χ1v) is 6.91. The van der Waals surface area contributed by atoms with Crippen LogP contribution < -0.4 is 5.73 Å². The SMILES string of the molecule is CC1CC(C)CN(C(CN)c2c(F)cccc2F)C1. The van der Waals surface area contributed by atoms with Gasteiger partial charge in [0.25, 0.3) is 0 Å². The van der Waals surface area contributed by atoms with Crippen LogP contribution in [-0.2, 0) is 0 Å². The predicted octanol–water partition coefficient (Wildman–Crippen LogP) is 2.94. The first-order valence-electron chi connectivity index (χ1n) is 6.91. The quantitative estimate of drug-likeness (QED) is 0.913. The third-order valence-corrected chi connectivity index (χ3v) is 3.89. The standard InChI is InChI=1S/C15H22F2N2/c1-10-6-11(2)9-19(8-10)14(7-18)15-12(16)4-3-5-13(15)17/h3-5,10-11,14H,6-9,18H2,1-2H3. The van der Waals surface area contributed by atoms with Crippen LogP contribution in [0.2, 0.25) is 0 Å². The molecule has 1 aromatic rings. The molecule has 1 aliphatic heterocycles. The van der Waals surface area contributed by atoms with Crippen molar-refractivity contribution in [1.82, 2.24) is 4.90 Å². The molecule has 2 nitrogen and oxygen atoms in total. The lowest BCUT2D eigenvalue weighted by Gasteiger charge is -2.40. The summed E-state index contributed by atoms with van der Waals surface area (Å²) in [5.74, 6) is 0.0722. The largest absolute Gasteiger partial charge is 0.329 e. The summed E-state index contributed by atoms with van der Waals surface area (Å²) in [6.45, 7) is 6.28. The van der Waals surface area contributed by atoms with Gasteiger partial charge in [0.1, 0.15) is 11.6 Å². The number of nitrogens with two attached hydrogens (primary N) is 1. The molecule has 0 amide bonds. The molecule has 1 aromatic carbocycles. The molecule has 0 aliphatic carbocycles. The highest BCUT2D eigenvalue weighted by Gasteiger charge is 2.30. The maximum Gasteiger partial charge on any atom is 0.130 e. The zero-order valence-corrected chi connectivity index (χ0v) is 11.6. The van der Waals surface area contributed by atoms with Crippen molar-refractivity contribution in [1.29, 1.82) is 0 Å². The third kappa shape index (κ3) is 3.12. The molecular weight excluding hydrogens is 246 g/mol. The van der Waals surface area contributed by atoms with Crippen LogP contribution in [0.4, 0.5) is 8.78 Å². The Morgan fingerprint density at radius 2 is 1.74 bits per heavy atom. The summed E-state index contributed by atoms with van der Waals surface area (Å²) >= 11 is 0. The summed E-state index contributed by atoms with van der Waals surface area (Å²) in [6, 6.07) is 3.63. The number of likely N-dealkylation sites (tertiary alicyclic amines) is 1. The van der Waals surface area contributed by atoms with Crippen molar-refractivity contribution in [2.75, 3.05) is 19.6 Å². The second kappa shape index (κ2) is 5.97. The molecule has 2 rings (SSSR count).